The molecule has 1 aliphatic carbocycles. The first-order valence-electron chi connectivity index (χ1n) is 14.7. The van der Waals surface area contributed by atoms with E-state index in [4.69, 9.17) is 9.47 Å². The second-order valence-electron chi connectivity index (χ2n) is 11.1. The molecule has 2 aliphatic heterocycles. The summed E-state index contributed by atoms with van der Waals surface area (Å²) in [4.78, 5) is 4.70. The summed E-state index contributed by atoms with van der Waals surface area (Å²) in [6.45, 7) is 5.70. The number of anilines is 1. The van der Waals surface area contributed by atoms with Gasteiger partial charge in [-0.3, -0.25) is 9.29 Å². The van der Waals surface area contributed by atoms with E-state index in [-0.39, 0.29) is 12.8 Å². The van der Waals surface area contributed by atoms with Crippen molar-refractivity contribution in [3.63, 3.8) is 0 Å². The van der Waals surface area contributed by atoms with E-state index < -0.39 is 0 Å². The smallest absolute Gasteiger partial charge is 0.119 e. The zero-order valence-corrected chi connectivity index (χ0v) is 23.2. The Bertz CT molecular complexity index is 1330. The van der Waals surface area contributed by atoms with E-state index >= 15 is 0 Å². The lowest BCUT2D eigenvalue weighted by Crippen LogP contribution is -2.36. The number of phenolic OH excluding ortho intramolecular Hbond substituents is 1. The zero-order chi connectivity index (χ0) is 27.3. The van der Waals surface area contributed by atoms with Crippen LogP contribution in [-0.2, 0) is 11.2 Å². The third kappa shape index (κ3) is 6.03. The maximum atomic E-state index is 12.6. The Hall–Kier alpha value is -3.35. The van der Waals surface area contributed by atoms with E-state index in [2.05, 4.69) is 64.4 Å². The number of alkyl halides is 1. The lowest BCUT2D eigenvalue weighted by molar-refractivity contribution is 0.122. The Morgan fingerprint density at radius 2 is 1.77 bits per heavy atom. The van der Waals surface area contributed by atoms with Crippen LogP contribution in [0.5, 0.6) is 11.5 Å². The molecule has 3 aromatic carbocycles. The van der Waals surface area contributed by atoms with Crippen molar-refractivity contribution in [2.45, 2.75) is 38.2 Å². The van der Waals surface area contributed by atoms with Gasteiger partial charge in [-0.15, -0.1) is 0 Å². The molecule has 3 aromatic rings. The molecule has 0 unspecified atom stereocenters. The minimum absolute atomic E-state index is 0.143. The van der Waals surface area contributed by atoms with Crippen molar-refractivity contribution in [3.05, 3.63) is 89.0 Å². The molecule has 3 aliphatic rings. The van der Waals surface area contributed by atoms with E-state index in [1.54, 1.807) is 6.07 Å². The highest BCUT2D eigenvalue weighted by Crippen LogP contribution is 2.41. The van der Waals surface area contributed by atoms with E-state index in [9.17, 15) is 9.50 Å². The molecular formula is C34H39FN2O3. The third-order valence-electron chi connectivity index (χ3n) is 8.39. The molecule has 0 radical (unpaired) electrons. The summed E-state index contributed by atoms with van der Waals surface area (Å²) in [6, 6.07) is 23.3. The summed E-state index contributed by atoms with van der Waals surface area (Å²) in [5.74, 6) is 1.19. The second-order valence-corrected chi connectivity index (χ2v) is 11.1. The lowest BCUT2D eigenvalue weighted by Gasteiger charge is -2.29. The Morgan fingerprint density at radius 1 is 0.925 bits per heavy atom. The fourth-order valence-electron chi connectivity index (χ4n) is 6.38. The quantitative estimate of drug-likeness (QED) is 0.360. The fraction of sp³-hybridized carbons (Fsp3) is 0.412. The molecule has 2 heterocycles. The van der Waals surface area contributed by atoms with Crippen LogP contribution in [0.4, 0.5) is 10.1 Å². The predicted octanol–water partition coefficient (Wildman–Crippen LogP) is 6.34. The lowest BCUT2D eigenvalue weighted by atomic mass is 9.87. The van der Waals surface area contributed by atoms with Crippen LogP contribution in [0, 0.1) is 0 Å². The van der Waals surface area contributed by atoms with Crippen LogP contribution in [-0.4, -0.2) is 68.7 Å². The van der Waals surface area contributed by atoms with Crippen molar-refractivity contribution < 1.29 is 19.0 Å². The first-order chi connectivity index (χ1) is 19.7. The number of hydrogen-bond acceptors (Lipinski definition) is 5. The largest absolute Gasteiger partial charge is 0.508 e. The van der Waals surface area contributed by atoms with Gasteiger partial charge in [0.15, 0.2) is 0 Å². The molecule has 6 rings (SSSR count). The number of morpholine rings is 1. The van der Waals surface area contributed by atoms with Gasteiger partial charge >= 0.3 is 0 Å². The molecule has 2 fully saturated rings. The van der Waals surface area contributed by atoms with Gasteiger partial charge in [0.25, 0.3) is 0 Å². The molecule has 40 heavy (non-hydrogen) atoms. The first kappa shape index (κ1) is 26.9. The van der Waals surface area contributed by atoms with Gasteiger partial charge in [0.2, 0.25) is 0 Å². The molecule has 0 spiro atoms. The average Bonchev–Trinajstić information content (AvgIpc) is 3.35. The molecule has 5 nitrogen and oxygen atoms in total. The maximum absolute atomic E-state index is 12.6. The van der Waals surface area contributed by atoms with Gasteiger partial charge in [-0.05, 0) is 102 Å². The standard InChI is InChI=1S/C34H39FN2O3/c35-15-3-16-36-17-14-31(24-36)40-30-11-8-25(9-12-30)34-32(7-2-5-27-23-29(38)10-13-33(27)34)26-4-1-6-28(22-26)37-18-20-39-21-19-37/h1,4,6,8-13,22-23,31,38H,2-3,5,7,14-21,24H2/t31-/m0/s1. The molecule has 1 atom stereocenters. The minimum Gasteiger partial charge on any atom is -0.508 e. The van der Waals surface area contributed by atoms with Crippen LogP contribution in [0.3, 0.4) is 0 Å². The van der Waals surface area contributed by atoms with Crippen LogP contribution in [0.2, 0.25) is 0 Å². The summed E-state index contributed by atoms with van der Waals surface area (Å²) in [5.41, 5.74) is 8.60. The number of ether oxygens (including phenoxy) is 2. The van der Waals surface area contributed by atoms with Crippen molar-refractivity contribution in [2.24, 2.45) is 0 Å². The number of halogens is 1. The van der Waals surface area contributed by atoms with E-state index in [1.807, 2.05) is 6.07 Å². The van der Waals surface area contributed by atoms with E-state index in [0.29, 0.717) is 12.2 Å². The molecule has 2 saturated heterocycles. The zero-order valence-electron chi connectivity index (χ0n) is 23.2. The second kappa shape index (κ2) is 12.4. The van der Waals surface area contributed by atoms with Crippen molar-refractivity contribution in [2.75, 3.05) is 57.5 Å². The van der Waals surface area contributed by atoms with Crippen molar-refractivity contribution in [1.29, 1.82) is 0 Å². The number of fused-ring (bicyclic) bond motifs is 1. The number of rotatable bonds is 8. The number of allylic oxidation sites excluding steroid dienone is 1. The van der Waals surface area contributed by atoms with Crippen LogP contribution >= 0.6 is 0 Å². The average molecular weight is 543 g/mol. The molecule has 6 heteroatoms. The normalized spacial score (nSPS) is 19.9. The number of nitrogens with zero attached hydrogens (tertiary/aromatic N) is 2. The number of aryl methyl sites for hydroxylation is 1. The molecule has 0 amide bonds. The molecule has 1 N–H and O–H groups in total. The number of phenols is 1. The summed E-state index contributed by atoms with van der Waals surface area (Å²) in [5, 5.41) is 10.3. The van der Waals surface area contributed by atoms with Gasteiger partial charge in [0, 0.05) is 38.4 Å². The summed E-state index contributed by atoms with van der Waals surface area (Å²) >= 11 is 0. The van der Waals surface area contributed by atoms with Crippen molar-refractivity contribution in [3.8, 4) is 11.5 Å². The Balaban J connectivity index is 1.33. The Morgan fingerprint density at radius 3 is 2.60 bits per heavy atom. The van der Waals surface area contributed by atoms with Gasteiger partial charge in [-0.2, -0.15) is 0 Å². The highest BCUT2D eigenvalue weighted by atomic mass is 19.1. The minimum atomic E-state index is -0.262. The molecule has 0 saturated carbocycles. The Kier molecular flexibility index (Phi) is 8.35. The van der Waals surface area contributed by atoms with Crippen molar-refractivity contribution in [1.82, 2.24) is 4.90 Å². The number of aromatic hydroxyl groups is 1. The molecule has 210 valence electrons. The first-order valence-corrected chi connectivity index (χ1v) is 14.7. The van der Waals surface area contributed by atoms with E-state index in [0.717, 1.165) is 82.9 Å². The van der Waals surface area contributed by atoms with Crippen LogP contribution in [0.15, 0.2) is 66.7 Å². The summed E-state index contributed by atoms with van der Waals surface area (Å²) in [7, 11) is 0. The number of benzene rings is 3. The maximum Gasteiger partial charge on any atom is 0.119 e. The summed E-state index contributed by atoms with van der Waals surface area (Å²) < 4.78 is 24.5. The van der Waals surface area contributed by atoms with Gasteiger partial charge < -0.3 is 19.5 Å². The van der Waals surface area contributed by atoms with Crippen molar-refractivity contribution >= 4 is 16.8 Å². The summed E-state index contributed by atoms with van der Waals surface area (Å²) in [6.07, 6.45) is 4.63. The fourth-order valence-corrected chi connectivity index (χ4v) is 6.38. The van der Waals surface area contributed by atoms with Crippen LogP contribution in [0.1, 0.15) is 47.9 Å². The molecule has 0 bridgehead atoms. The topological polar surface area (TPSA) is 45.2 Å². The van der Waals surface area contributed by atoms with Crippen LogP contribution in [0.25, 0.3) is 11.1 Å². The van der Waals surface area contributed by atoms with Crippen LogP contribution < -0.4 is 9.64 Å². The van der Waals surface area contributed by atoms with Gasteiger partial charge in [0.1, 0.15) is 17.6 Å². The third-order valence-corrected chi connectivity index (χ3v) is 8.39. The monoisotopic (exact) mass is 542 g/mol. The molecular weight excluding hydrogens is 503 g/mol. The van der Waals surface area contributed by atoms with E-state index in [1.165, 1.54) is 33.5 Å². The number of hydrogen-bond donors (Lipinski definition) is 1. The SMILES string of the molecule is Oc1ccc2c(c1)CCCC(c1cccc(N3CCOCC3)c1)=C2c1ccc(O[C@H]2CCN(CCCF)C2)cc1. The van der Waals surface area contributed by atoms with Gasteiger partial charge in [0.05, 0.1) is 19.9 Å². The van der Waals surface area contributed by atoms with Gasteiger partial charge in [-0.25, -0.2) is 0 Å². The van der Waals surface area contributed by atoms with Gasteiger partial charge in [-0.1, -0.05) is 30.3 Å². The Labute approximate surface area is 236 Å². The predicted molar refractivity (Wildman–Crippen MR) is 159 cm³/mol. The number of likely N-dealkylation sites (tertiary alicyclic amines) is 1. The highest BCUT2D eigenvalue weighted by molar-refractivity contribution is 6.00. The molecule has 0 aromatic heterocycles. The highest BCUT2D eigenvalue weighted by Gasteiger charge is 2.25.